The first kappa shape index (κ1) is 22.3. The second kappa shape index (κ2) is 9.30. The highest BCUT2D eigenvalue weighted by Gasteiger charge is 2.42. The summed E-state index contributed by atoms with van der Waals surface area (Å²) in [6.07, 6.45) is 2.45. The molecule has 0 saturated carbocycles. The molecule has 6 nitrogen and oxygen atoms in total. The number of amides is 1. The van der Waals surface area contributed by atoms with Crippen molar-refractivity contribution >= 4 is 32.8 Å². The highest BCUT2D eigenvalue weighted by Crippen LogP contribution is 2.39. The fourth-order valence-corrected chi connectivity index (χ4v) is 4.42. The van der Waals surface area contributed by atoms with E-state index < -0.39 is 6.04 Å². The molecule has 2 aromatic carbocycles. The van der Waals surface area contributed by atoms with Crippen LogP contribution in [0.2, 0.25) is 0 Å². The molecule has 166 valence electrons. The van der Waals surface area contributed by atoms with Gasteiger partial charge < -0.3 is 19.0 Å². The van der Waals surface area contributed by atoms with E-state index in [4.69, 9.17) is 9.15 Å². The van der Waals surface area contributed by atoms with Crippen LogP contribution in [-0.2, 0) is 0 Å². The SMILES string of the molecule is C=CCOc1cccc(C2c3c(oc4ccc(Br)cc4c3=O)C(=O)N2CCCN(C)C)c1. The summed E-state index contributed by atoms with van der Waals surface area (Å²) in [4.78, 5) is 30.8. The third kappa shape index (κ3) is 4.23. The van der Waals surface area contributed by atoms with Crippen molar-refractivity contribution in [1.29, 1.82) is 0 Å². The van der Waals surface area contributed by atoms with Crippen molar-refractivity contribution in [3.05, 3.63) is 86.7 Å². The molecular weight excluding hydrogens is 472 g/mol. The molecule has 1 aliphatic rings. The van der Waals surface area contributed by atoms with Gasteiger partial charge in [0.2, 0.25) is 5.76 Å². The highest BCUT2D eigenvalue weighted by molar-refractivity contribution is 9.10. The van der Waals surface area contributed by atoms with Crippen molar-refractivity contribution in [2.24, 2.45) is 0 Å². The van der Waals surface area contributed by atoms with E-state index in [0.29, 0.717) is 35.4 Å². The fourth-order valence-electron chi connectivity index (χ4n) is 4.06. The van der Waals surface area contributed by atoms with Crippen LogP contribution in [0.5, 0.6) is 5.75 Å². The van der Waals surface area contributed by atoms with Gasteiger partial charge in [0.15, 0.2) is 5.43 Å². The summed E-state index contributed by atoms with van der Waals surface area (Å²) in [6, 6.07) is 12.2. The number of rotatable bonds is 8. The minimum atomic E-state index is -0.536. The zero-order chi connectivity index (χ0) is 22.8. The van der Waals surface area contributed by atoms with Crippen LogP contribution < -0.4 is 10.2 Å². The van der Waals surface area contributed by atoms with Gasteiger partial charge in [-0.15, -0.1) is 0 Å². The van der Waals surface area contributed by atoms with E-state index >= 15 is 0 Å². The maximum absolute atomic E-state index is 13.6. The number of hydrogen-bond donors (Lipinski definition) is 0. The molecular formula is C25H25BrN2O4. The molecule has 0 spiro atoms. The first-order chi connectivity index (χ1) is 15.4. The van der Waals surface area contributed by atoms with Gasteiger partial charge >= 0.3 is 0 Å². The van der Waals surface area contributed by atoms with Crippen LogP contribution >= 0.6 is 15.9 Å². The van der Waals surface area contributed by atoms with Gasteiger partial charge in [0.05, 0.1) is 17.0 Å². The Morgan fingerprint density at radius 1 is 1.22 bits per heavy atom. The van der Waals surface area contributed by atoms with Gasteiger partial charge in [0, 0.05) is 11.0 Å². The van der Waals surface area contributed by atoms with Crippen LogP contribution in [-0.4, -0.2) is 49.5 Å². The molecule has 0 N–H and O–H groups in total. The number of halogens is 1. The third-order valence-electron chi connectivity index (χ3n) is 5.47. The summed E-state index contributed by atoms with van der Waals surface area (Å²) < 4.78 is 12.5. The zero-order valence-electron chi connectivity index (χ0n) is 18.1. The van der Waals surface area contributed by atoms with Crippen LogP contribution in [0.4, 0.5) is 0 Å². The summed E-state index contributed by atoms with van der Waals surface area (Å²) in [7, 11) is 3.99. The van der Waals surface area contributed by atoms with Crippen molar-refractivity contribution < 1.29 is 13.9 Å². The molecule has 1 atom stereocenters. The number of carbonyl (C=O) groups is 1. The van der Waals surface area contributed by atoms with Crippen molar-refractivity contribution in [3.8, 4) is 5.75 Å². The molecule has 0 radical (unpaired) electrons. The van der Waals surface area contributed by atoms with Crippen LogP contribution in [0.1, 0.15) is 34.1 Å². The first-order valence-electron chi connectivity index (χ1n) is 10.5. The average Bonchev–Trinajstić information content (AvgIpc) is 3.05. The Kier molecular flexibility index (Phi) is 6.48. The summed E-state index contributed by atoms with van der Waals surface area (Å²) in [5.74, 6) is 0.518. The van der Waals surface area contributed by atoms with Crippen LogP contribution in [0.3, 0.4) is 0 Å². The van der Waals surface area contributed by atoms with Crippen molar-refractivity contribution in [3.63, 3.8) is 0 Å². The molecule has 1 aliphatic heterocycles. The largest absolute Gasteiger partial charge is 0.490 e. The third-order valence-corrected chi connectivity index (χ3v) is 5.97. The van der Waals surface area contributed by atoms with Gasteiger partial charge in [-0.05, 0) is 63.0 Å². The molecule has 4 rings (SSSR count). The topological polar surface area (TPSA) is 63.0 Å². The van der Waals surface area contributed by atoms with Gasteiger partial charge in [0.25, 0.3) is 5.91 Å². The van der Waals surface area contributed by atoms with Crippen molar-refractivity contribution in [2.75, 3.05) is 33.8 Å². The second-order valence-electron chi connectivity index (χ2n) is 8.04. The van der Waals surface area contributed by atoms with Crippen LogP contribution in [0, 0.1) is 0 Å². The van der Waals surface area contributed by atoms with E-state index in [1.54, 1.807) is 29.2 Å². The molecule has 3 aromatic rings. The predicted molar refractivity (Wildman–Crippen MR) is 128 cm³/mol. The Morgan fingerprint density at radius 3 is 2.78 bits per heavy atom. The molecule has 1 unspecified atom stereocenters. The van der Waals surface area contributed by atoms with E-state index in [2.05, 4.69) is 27.4 Å². The molecule has 0 aliphatic carbocycles. The Bertz CT molecular complexity index is 1230. The number of ether oxygens (including phenoxy) is 1. The molecule has 0 saturated heterocycles. The average molecular weight is 497 g/mol. The van der Waals surface area contributed by atoms with Gasteiger partial charge in [0.1, 0.15) is 17.9 Å². The van der Waals surface area contributed by atoms with Crippen molar-refractivity contribution in [2.45, 2.75) is 12.5 Å². The lowest BCUT2D eigenvalue weighted by molar-refractivity contribution is 0.0722. The van der Waals surface area contributed by atoms with E-state index in [9.17, 15) is 9.59 Å². The Hall–Kier alpha value is -2.90. The normalized spacial score (nSPS) is 15.4. The monoisotopic (exact) mass is 496 g/mol. The van der Waals surface area contributed by atoms with Crippen LogP contribution in [0.15, 0.2) is 68.8 Å². The Morgan fingerprint density at radius 2 is 2.03 bits per heavy atom. The fraction of sp³-hybridized carbons (Fsp3) is 0.280. The number of fused-ring (bicyclic) bond motifs is 2. The predicted octanol–water partition coefficient (Wildman–Crippen LogP) is 4.62. The van der Waals surface area contributed by atoms with Gasteiger partial charge in [-0.2, -0.15) is 0 Å². The Balaban J connectivity index is 1.85. The Labute approximate surface area is 195 Å². The first-order valence-corrected chi connectivity index (χ1v) is 11.3. The number of nitrogens with zero attached hydrogens (tertiary/aromatic N) is 2. The van der Waals surface area contributed by atoms with E-state index in [1.807, 2.05) is 38.4 Å². The highest BCUT2D eigenvalue weighted by atomic mass is 79.9. The van der Waals surface area contributed by atoms with E-state index in [1.165, 1.54) is 0 Å². The smallest absolute Gasteiger partial charge is 0.290 e. The molecule has 1 aromatic heterocycles. The van der Waals surface area contributed by atoms with Gasteiger partial charge in [-0.1, -0.05) is 40.7 Å². The minimum absolute atomic E-state index is 0.122. The molecule has 1 amide bonds. The lowest BCUT2D eigenvalue weighted by Gasteiger charge is -2.26. The summed E-state index contributed by atoms with van der Waals surface area (Å²) in [5, 5.41) is 0.449. The zero-order valence-corrected chi connectivity index (χ0v) is 19.7. The maximum Gasteiger partial charge on any atom is 0.290 e. The molecule has 0 fully saturated rings. The van der Waals surface area contributed by atoms with Gasteiger partial charge in [-0.3, -0.25) is 9.59 Å². The van der Waals surface area contributed by atoms with E-state index in [-0.39, 0.29) is 17.1 Å². The number of hydrogen-bond acceptors (Lipinski definition) is 5. The summed E-state index contributed by atoms with van der Waals surface area (Å²) in [5.41, 5.74) is 1.41. The number of carbonyl (C=O) groups excluding carboxylic acids is 1. The standard InChI is InChI=1S/C25H25BrN2O4/c1-4-13-31-18-8-5-7-16(14-18)22-21-23(29)19-15-17(26)9-10-20(19)32-24(21)25(30)28(22)12-6-11-27(2)3/h4-5,7-10,14-15,22H,1,6,11-13H2,2-3H3. The molecule has 2 heterocycles. The lowest BCUT2D eigenvalue weighted by Crippen LogP contribution is -2.32. The molecule has 7 heteroatoms. The van der Waals surface area contributed by atoms with E-state index in [0.717, 1.165) is 23.0 Å². The van der Waals surface area contributed by atoms with Crippen molar-refractivity contribution in [1.82, 2.24) is 9.80 Å². The second-order valence-corrected chi connectivity index (χ2v) is 8.96. The summed E-state index contributed by atoms with van der Waals surface area (Å²) >= 11 is 3.43. The quantitative estimate of drug-likeness (QED) is 0.425. The number of benzene rings is 2. The lowest BCUT2D eigenvalue weighted by atomic mass is 9.98. The molecule has 32 heavy (non-hydrogen) atoms. The summed E-state index contributed by atoms with van der Waals surface area (Å²) in [6.45, 7) is 5.38. The molecule has 0 bridgehead atoms. The maximum atomic E-state index is 13.6. The van der Waals surface area contributed by atoms with Gasteiger partial charge in [-0.25, -0.2) is 0 Å². The minimum Gasteiger partial charge on any atom is -0.490 e. The van der Waals surface area contributed by atoms with Crippen LogP contribution in [0.25, 0.3) is 11.0 Å².